The summed E-state index contributed by atoms with van der Waals surface area (Å²) in [5, 5.41) is 0. The largest absolute Gasteiger partial charge is 0.328 e. The van der Waals surface area contributed by atoms with Crippen LogP contribution >= 0.6 is 11.3 Å². The molecular weight excluding hydrogens is 256 g/mol. The van der Waals surface area contributed by atoms with Gasteiger partial charge in [-0.25, -0.2) is 4.98 Å². The Morgan fingerprint density at radius 3 is 2.79 bits per heavy atom. The van der Waals surface area contributed by atoms with Gasteiger partial charge in [-0.3, -0.25) is 9.80 Å². The van der Waals surface area contributed by atoms with Crippen LogP contribution in [0.25, 0.3) is 0 Å². The fourth-order valence-corrected chi connectivity index (χ4v) is 4.04. The molecule has 0 bridgehead atoms. The van der Waals surface area contributed by atoms with Gasteiger partial charge < -0.3 is 5.73 Å². The first-order valence-electron chi connectivity index (χ1n) is 7.33. The minimum Gasteiger partial charge on any atom is -0.328 e. The van der Waals surface area contributed by atoms with Gasteiger partial charge in [-0.15, -0.1) is 11.3 Å². The minimum absolute atomic E-state index is 0.439. The highest BCUT2D eigenvalue weighted by atomic mass is 32.1. The lowest BCUT2D eigenvalue weighted by atomic mass is 10.0. The molecule has 1 aromatic rings. The van der Waals surface area contributed by atoms with E-state index in [1.807, 2.05) is 5.51 Å². The van der Waals surface area contributed by atoms with E-state index < -0.39 is 0 Å². The molecule has 1 atom stereocenters. The van der Waals surface area contributed by atoms with Crippen LogP contribution in [0.1, 0.15) is 29.8 Å². The maximum atomic E-state index is 5.99. The van der Waals surface area contributed by atoms with Crippen molar-refractivity contribution in [3.05, 3.63) is 16.1 Å². The van der Waals surface area contributed by atoms with Gasteiger partial charge in [-0.1, -0.05) is 0 Å². The van der Waals surface area contributed by atoms with E-state index in [-0.39, 0.29) is 0 Å². The summed E-state index contributed by atoms with van der Waals surface area (Å²) in [6.07, 6.45) is 3.65. The number of aryl methyl sites for hydroxylation is 1. The van der Waals surface area contributed by atoms with Crippen molar-refractivity contribution in [3.63, 3.8) is 0 Å². The molecule has 0 aromatic carbocycles. The summed E-state index contributed by atoms with van der Waals surface area (Å²) in [7, 11) is 0. The molecule has 1 aromatic heterocycles. The zero-order valence-corrected chi connectivity index (χ0v) is 12.5. The first-order valence-corrected chi connectivity index (χ1v) is 8.21. The molecule has 4 nitrogen and oxygen atoms in total. The van der Waals surface area contributed by atoms with Crippen molar-refractivity contribution < 1.29 is 0 Å². The predicted molar refractivity (Wildman–Crippen MR) is 79.3 cm³/mol. The van der Waals surface area contributed by atoms with E-state index in [1.54, 1.807) is 11.3 Å². The Kier molecular flexibility index (Phi) is 4.17. The van der Waals surface area contributed by atoms with Crippen LogP contribution in [0, 0.1) is 6.92 Å². The van der Waals surface area contributed by atoms with Crippen LogP contribution < -0.4 is 5.73 Å². The van der Waals surface area contributed by atoms with Crippen LogP contribution in [0.5, 0.6) is 0 Å². The van der Waals surface area contributed by atoms with Crippen molar-refractivity contribution in [1.82, 2.24) is 14.8 Å². The number of thiazole rings is 1. The van der Waals surface area contributed by atoms with Gasteiger partial charge in [0.05, 0.1) is 11.2 Å². The molecule has 1 unspecified atom stereocenters. The van der Waals surface area contributed by atoms with Gasteiger partial charge >= 0.3 is 0 Å². The van der Waals surface area contributed by atoms with Crippen LogP contribution in [0.3, 0.4) is 0 Å². The lowest BCUT2D eigenvalue weighted by Crippen LogP contribution is -2.46. The van der Waals surface area contributed by atoms with Crippen LogP contribution in [0.4, 0.5) is 0 Å². The zero-order chi connectivity index (χ0) is 13.2. The van der Waals surface area contributed by atoms with Gasteiger partial charge in [-0.2, -0.15) is 0 Å². The molecule has 2 N–H and O–H groups in total. The molecular formula is C14H24N4S. The molecule has 2 aliphatic heterocycles. The maximum Gasteiger partial charge on any atom is 0.0798 e. The number of rotatable bonds is 3. The third-order valence-corrected chi connectivity index (χ3v) is 5.47. The number of nitrogens with zero attached hydrogens (tertiary/aromatic N) is 3. The van der Waals surface area contributed by atoms with Gasteiger partial charge in [0.2, 0.25) is 0 Å². The van der Waals surface area contributed by atoms with Crippen molar-refractivity contribution in [3.8, 4) is 0 Å². The maximum absolute atomic E-state index is 5.99. The average molecular weight is 280 g/mol. The molecule has 3 rings (SSSR count). The molecule has 3 heterocycles. The van der Waals surface area contributed by atoms with E-state index in [1.165, 1.54) is 56.0 Å². The van der Waals surface area contributed by atoms with E-state index in [2.05, 4.69) is 21.7 Å². The number of aromatic nitrogens is 1. The highest BCUT2D eigenvalue weighted by Crippen LogP contribution is 2.23. The molecule has 2 saturated heterocycles. The number of likely N-dealkylation sites (tertiary alicyclic amines) is 2. The molecule has 106 valence electrons. The van der Waals surface area contributed by atoms with E-state index in [9.17, 15) is 0 Å². The average Bonchev–Trinajstić information content (AvgIpc) is 3.01. The van der Waals surface area contributed by atoms with E-state index in [0.29, 0.717) is 6.04 Å². The highest BCUT2D eigenvalue weighted by molar-refractivity contribution is 7.09. The van der Waals surface area contributed by atoms with Crippen LogP contribution in [-0.4, -0.2) is 53.0 Å². The summed E-state index contributed by atoms with van der Waals surface area (Å²) in [6, 6.07) is 1.19. The molecule has 2 aliphatic rings. The molecule has 0 amide bonds. The van der Waals surface area contributed by atoms with Gasteiger partial charge in [-0.05, 0) is 39.3 Å². The van der Waals surface area contributed by atoms with E-state index in [4.69, 9.17) is 5.73 Å². The molecule has 19 heavy (non-hydrogen) atoms. The SMILES string of the molecule is Cc1ncsc1CN1CCC(N2CCC(N)CC2)C1. The number of hydrogen-bond acceptors (Lipinski definition) is 5. The highest BCUT2D eigenvalue weighted by Gasteiger charge is 2.29. The first kappa shape index (κ1) is 13.5. The third kappa shape index (κ3) is 3.16. The van der Waals surface area contributed by atoms with Crippen molar-refractivity contribution >= 4 is 11.3 Å². The van der Waals surface area contributed by atoms with Crippen LogP contribution in [0.2, 0.25) is 0 Å². The summed E-state index contributed by atoms with van der Waals surface area (Å²) in [4.78, 5) is 11.0. The van der Waals surface area contributed by atoms with E-state index in [0.717, 1.165) is 12.6 Å². The summed E-state index contributed by atoms with van der Waals surface area (Å²) < 4.78 is 0. The fourth-order valence-electron chi connectivity index (χ4n) is 3.22. The summed E-state index contributed by atoms with van der Waals surface area (Å²) in [6.45, 7) is 8.03. The Labute approximate surface area is 119 Å². The molecule has 0 saturated carbocycles. The number of nitrogens with two attached hydrogens (primary N) is 1. The van der Waals surface area contributed by atoms with Gasteiger partial charge in [0.15, 0.2) is 0 Å². The van der Waals surface area contributed by atoms with E-state index >= 15 is 0 Å². The van der Waals surface area contributed by atoms with Gasteiger partial charge in [0.25, 0.3) is 0 Å². The van der Waals surface area contributed by atoms with Crippen LogP contribution in [0.15, 0.2) is 5.51 Å². The molecule has 0 aliphatic carbocycles. The Hall–Kier alpha value is -0.490. The molecule has 2 fully saturated rings. The van der Waals surface area contributed by atoms with Crippen molar-refractivity contribution in [2.45, 2.75) is 44.8 Å². The summed E-state index contributed by atoms with van der Waals surface area (Å²) >= 11 is 1.79. The normalized spacial score (nSPS) is 27.2. The standard InChI is InChI=1S/C14H24N4S/c1-11-14(19-10-16-11)9-17-5-4-13(8-17)18-6-2-12(15)3-7-18/h10,12-13H,2-9,15H2,1H3. The Morgan fingerprint density at radius 2 is 2.11 bits per heavy atom. The lowest BCUT2D eigenvalue weighted by molar-refractivity contribution is 0.151. The summed E-state index contributed by atoms with van der Waals surface area (Å²) in [5.41, 5.74) is 9.16. The van der Waals surface area contributed by atoms with Crippen molar-refractivity contribution in [1.29, 1.82) is 0 Å². The number of piperidine rings is 1. The smallest absolute Gasteiger partial charge is 0.0798 e. The Morgan fingerprint density at radius 1 is 1.32 bits per heavy atom. The third-order valence-electron chi connectivity index (χ3n) is 4.55. The quantitative estimate of drug-likeness (QED) is 0.910. The van der Waals surface area contributed by atoms with Gasteiger partial charge in [0.1, 0.15) is 0 Å². The predicted octanol–water partition coefficient (Wildman–Crippen LogP) is 1.45. The molecule has 0 spiro atoms. The van der Waals surface area contributed by atoms with Crippen molar-refractivity contribution in [2.75, 3.05) is 26.2 Å². The first-order chi connectivity index (χ1) is 9.22. The second-order valence-corrected chi connectivity index (χ2v) is 6.85. The second kappa shape index (κ2) is 5.87. The Balaban J connectivity index is 1.51. The monoisotopic (exact) mass is 280 g/mol. The topological polar surface area (TPSA) is 45.4 Å². The number of hydrogen-bond donors (Lipinski definition) is 1. The zero-order valence-electron chi connectivity index (χ0n) is 11.7. The molecule has 0 radical (unpaired) electrons. The lowest BCUT2D eigenvalue weighted by Gasteiger charge is -2.34. The fraction of sp³-hybridized carbons (Fsp3) is 0.786. The molecule has 5 heteroatoms. The Bertz CT molecular complexity index is 411. The van der Waals surface area contributed by atoms with Gasteiger partial charge in [0, 0.05) is 36.6 Å². The van der Waals surface area contributed by atoms with Crippen LogP contribution in [-0.2, 0) is 6.54 Å². The second-order valence-electron chi connectivity index (χ2n) is 5.91. The summed E-state index contributed by atoms with van der Waals surface area (Å²) in [5.74, 6) is 0. The van der Waals surface area contributed by atoms with Crippen molar-refractivity contribution in [2.24, 2.45) is 5.73 Å². The minimum atomic E-state index is 0.439.